The van der Waals surface area contributed by atoms with Gasteiger partial charge in [0, 0.05) is 5.54 Å². The van der Waals surface area contributed by atoms with Crippen molar-refractivity contribution >= 4 is 0 Å². The highest BCUT2D eigenvalue weighted by Crippen LogP contribution is 2.28. The van der Waals surface area contributed by atoms with E-state index < -0.39 is 0 Å². The molecule has 0 atom stereocenters. The third-order valence-electron chi connectivity index (χ3n) is 3.14. The van der Waals surface area contributed by atoms with Crippen molar-refractivity contribution in [3.63, 3.8) is 0 Å². The average Bonchev–Trinajstić information content (AvgIpc) is 3.12. The van der Waals surface area contributed by atoms with Crippen molar-refractivity contribution in [1.29, 1.82) is 0 Å². The molecule has 0 bridgehead atoms. The Morgan fingerprint density at radius 2 is 1.94 bits per heavy atom. The molecule has 0 radical (unpaired) electrons. The molecule has 1 saturated carbocycles. The first-order chi connectivity index (χ1) is 8.16. The minimum absolute atomic E-state index is 0.0807. The van der Waals surface area contributed by atoms with Crippen LogP contribution < -0.4 is 5.32 Å². The smallest absolute Gasteiger partial charge is 0.0717 e. The highest BCUT2D eigenvalue weighted by atomic mass is 16.5. The summed E-state index contributed by atoms with van der Waals surface area (Å²) in [6.45, 7) is 7.02. The minimum Gasteiger partial charge on any atom is -0.375 e. The lowest BCUT2D eigenvalue weighted by Gasteiger charge is -2.26. The van der Waals surface area contributed by atoms with Gasteiger partial charge in [-0.15, -0.1) is 0 Å². The normalized spacial score (nSPS) is 16.1. The van der Waals surface area contributed by atoms with Crippen molar-refractivity contribution in [2.24, 2.45) is 5.92 Å². The number of rotatable bonds is 7. The molecule has 0 aromatic heterocycles. The quantitative estimate of drug-likeness (QED) is 0.781. The third kappa shape index (κ3) is 4.88. The fraction of sp³-hybridized carbons (Fsp3) is 0.600. The van der Waals surface area contributed by atoms with E-state index in [1.54, 1.807) is 0 Å². The van der Waals surface area contributed by atoms with Crippen LogP contribution in [0.3, 0.4) is 0 Å². The zero-order valence-electron chi connectivity index (χ0n) is 10.9. The first-order valence-electron chi connectivity index (χ1n) is 6.52. The van der Waals surface area contributed by atoms with Crippen LogP contribution in [-0.4, -0.2) is 18.7 Å². The summed E-state index contributed by atoms with van der Waals surface area (Å²) < 4.78 is 5.77. The van der Waals surface area contributed by atoms with Crippen LogP contribution in [0.4, 0.5) is 0 Å². The Balaban J connectivity index is 1.65. The van der Waals surface area contributed by atoms with E-state index in [0.717, 1.165) is 19.1 Å². The van der Waals surface area contributed by atoms with E-state index >= 15 is 0 Å². The maximum atomic E-state index is 5.77. The number of benzene rings is 1. The largest absolute Gasteiger partial charge is 0.375 e. The Kier molecular flexibility index (Phi) is 4.19. The van der Waals surface area contributed by atoms with Crippen molar-refractivity contribution in [2.45, 2.75) is 38.8 Å². The van der Waals surface area contributed by atoms with Crippen LogP contribution in [0, 0.1) is 5.92 Å². The predicted molar refractivity (Wildman–Crippen MR) is 70.9 cm³/mol. The van der Waals surface area contributed by atoms with Gasteiger partial charge in [-0.05, 0) is 44.7 Å². The van der Waals surface area contributed by atoms with Crippen LogP contribution in [0.2, 0.25) is 0 Å². The van der Waals surface area contributed by atoms with Gasteiger partial charge in [-0.25, -0.2) is 0 Å². The van der Waals surface area contributed by atoms with Gasteiger partial charge < -0.3 is 10.1 Å². The van der Waals surface area contributed by atoms with Gasteiger partial charge >= 0.3 is 0 Å². The molecule has 2 heteroatoms. The molecule has 0 aliphatic heterocycles. The number of hydrogen-bond donors (Lipinski definition) is 1. The Morgan fingerprint density at radius 1 is 1.24 bits per heavy atom. The monoisotopic (exact) mass is 233 g/mol. The molecular formula is C15H23NO. The van der Waals surface area contributed by atoms with Crippen molar-refractivity contribution in [1.82, 2.24) is 5.32 Å². The summed E-state index contributed by atoms with van der Waals surface area (Å²) in [5.74, 6) is 0.920. The van der Waals surface area contributed by atoms with Gasteiger partial charge in [0.15, 0.2) is 0 Å². The Labute approximate surface area is 104 Å². The highest BCUT2D eigenvalue weighted by Gasteiger charge is 2.25. The molecule has 1 N–H and O–H groups in total. The zero-order valence-corrected chi connectivity index (χ0v) is 10.9. The Bertz CT molecular complexity index is 330. The average molecular weight is 233 g/mol. The Morgan fingerprint density at radius 3 is 2.59 bits per heavy atom. The summed E-state index contributed by atoms with van der Waals surface area (Å²) in [5, 5.41) is 3.58. The van der Waals surface area contributed by atoms with Crippen LogP contribution in [0.5, 0.6) is 0 Å². The first kappa shape index (κ1) is 12.6. The second kappa shape index (κ2) is 5.65. The fourth-order valence-corrected chi connectivity index (χ4v) is 1.79. The summed E-state index contributed by atoms with van der Waals surface area (Å²) in [4.78, 5) is 0. The zero-order chi connectivity index (χ0) is 12.1. The molecule has 1 aromatic carbocycles. The maximum Gasteiger partial charge on any atom is 0.0717 e. The van der Waals surface area contributed by atoms with E-state index in [4.69, 9.17) is 4.74 Å². The van der Waals surface area contributed by atoms with Gasteiger partial charge in [0.25, 0.3) is 0 Å². The van der Waals surface area contributed by atoms with Gasteiger partial charge in [-0.1, -0.05) is 30.3 Å². The predicted octanol–water partition coefficient (Wildman–Crippen LogP) is 2.98. The molecule has 2 nitrogen and oxygen atoms in total. The van der Waals surface area contributed by atoms with Crippen molar-refractivity contribution in [3.8, 4) is 0 Å². The third-order valence-corrected chi connectivity index (χ3v) is 3.14. The van der Waals surface area contributed by atoms with Crippen LogP contribution in [-0.2, 0) is 11.3 Å². The van der Waals surface area contributed by atoms with Gasteiger partial charge in [-0.3, -0.25) is 0 Å². The molecule has 0 spiro atoms. The second-order valence-electron chi connectivity index (χ2n) is 5.69. The molecule has 1 fully saturated rings. The summed E-state index contributed by atoms with van der Waals surface area (Å²) in [5.41, 5.74) is 1.32. The van der Waals surface area contributed by atoms with E-state index in [2.05, 4.69) is 43.4 Å². The van der Waals surface area contributed by atoms with E-state index in [9.17, 15) is 0 Å². The minimum atomic E-state index is 0.0807. The molecule has 1 aliphatic carbocycles. The summed E-state index contributed by atoms with van der Waals surface area (Å²) in [6, 6.07) is 10.3. The van der Waals surface area contributed by atoms with Gasteiger partial charge in [0.2, 0.25) is 0 Å². The van der Waals surface area contributed by atoms with Crippen molar-refractivity contribution < 1.29 is 4.74 Å². The molecular weight excluding hydrogens is 210 g/mol. The first-order valence-corrected chi connectivity index (χ1v) is 6.52. The summed E-state index contributed by atoms with van der Waals surface area (Å²) >= 11 is 0. The maximum absolute atomic E-state index is 5.77. The lowest BCUT2D eigenvalue weighted by molar-refractivity contribution is 0.0707. The van der Waals surface area contributed by atoms with Crippen molar-refractivity contribution in [2.75, 3.05) is 13.2 Å². The van der Waals surface area contributed by atoms with Gasteiger partial charge in [-0.2, -0.15) is 0 Å². The van der Waals surface area contributed by atoms with Crippen LogP contribution in [0.1, 0.15) is 32.3 Å². The molecule has 1 aromatic rings. The highest BCUT2D eigenvalue weighted by molar-refractivity contribution is 5.13. The topological polar surface area (TPSA) is 21.3 Å². The van der Waals surface area contributed by atoms with Gasteiger partial charge in [0.1, 0.15) is 0 Å². The number of ether oxygens (including phenoxy) is 1. The molecule has 0 unspecified atom stereocenters. The van der Waals surface area contributed by atoms with Crippen molar-refractivity contribution in [3.05, 3.63) is 35.9 Å². The van der Waals surface area contributed by atoms with Crippen LogP contribution >= 0.6 is 0 Å². The van der Waals surface area contributed by atoms with E-state index in [0.29, 0.717) is 6.61 Å². The number of nitrogens with one attached hydrogen (secondary N) is 1. The molecule has 17 heavy (non-hydrogen) atoms. The lowest BCUT2D eigenvalue weighted by atomic mass is 10.1. The standard InChI is InChI=1S/C15H23NO/c1-15(2,16-10-13-8-9-13)12-17-11-14-6-4-3-5-7-14/h3-7,13,16H,8-12H2,1-2H3. The molecule has 2 rings (SSSR count). The molecule has 0 amide bonds. The number of hydrogen-bond acceptors (Lipinski definition) is 2. The van der Waals surface area contributed by atoms with E-state index in [1.807, 2.05) is 6.07 Å². The molecule has 0 saturated heterocycles. The van der Waals surface area contributed by atoms with E-state index in [1.165, 1.54) is 18.4 Å². The SMILES string of the molecule is CC(C)(COCc1ccccc1)NCC1CC1. The van der Waals surface area contributed by atoms with Crippen LogP contribution in [0.25, 0.3) is 0 Å². The fourth-order valence-electron chi connectivity index (χ4n) is 1.79. The van der Waals surface area contributed by atoms with E-state index in [-0.39, 0.29) is 5.54 Å². The Hall–Kier alpha value is -0.860. The molecule has 0 heterocycles. The molecule has 1 aliphatic rings. The summed E-state index contributed by atoms with van der Waals surface area (Å²) in [7, 11) is 0. The van der Waals surface area contributed by atoms with Gasteiger partial charge in [0.05, 0.1) is 13.2 Å². The summed E-state index contributed by atoms with van der Waals surface area (Å²) in [6.07, 6.45) is 2.79. The van der Waals surface area contributed by atoms with Crippen LogP contribution in [0.15, 0.2) is 30.3 Å². The second-order valence-corrected chi connectivity index (χ2v) is 5.69. The molecule has 94 valence electrons. The lowest BCUT2D eigenvalue weighted by Crippen LogP contribution is -2.44.